The number of ether oxygens (including phenoxy) is 1. The van der Waals surface area contributed by atoms with Crippen LogP contribution in [0.25, 0.3) is 0 Å². The minimum absolute atomic E-state index is 0.195. The van der Waals surface area contributed by atoms with Crippen molar-refractivity contribution >= 4 is 0 Å². The van der Waals surface area contributed by atoms with Gasteiger partial charge < -0.3 is 10.1 Å². The van der Waals surface area contributed by atoms with E-state index in [9.17, 15) is 4.39 Å². The quantitative estimate of drug-likeness (QED) is 0.916. The molecule has 1 heterocycles. The monoisotopic (exact) mass is 271 g/mol. The summed E-state index contributed by atoms with van der Waals surface area (Å²) < 4.78 is 18.6. The number of fused-ring (bicyclic) bond motifs is 1. The van der Waals surface area contributed by atoms with Crippen LogP contribution in [-0.2, 0) is 0 Å². The first-order chi connectivity index (χ1) is 9.74. The van der Waals surface area contributed by atoms with Gasteiger partial charge in [-0.25, -0.2) is 4.39 Å². The number of halogens is 1. The van der Waals surface area contributed by atoms with Crippen LogP contribution < -0.4 is 10.1 Å². The van der Waals surface area contributed by atoms with Crippen LogP contribution in [0.3, 0.4) is 0 Å². The second-order valence-electron chi connectivity index (χ2n) is 5.23. The van der Waals surface area contributed by atoms with E-state index in [1.165, 1.54) is 17.7 Å². The summed E-state index contributed by atoms with van der Waals surface area (Å²) in [6.45, 7) is 3.67. The number of para-hydroxylation sites is 1. The predicted octanol–water partition coefficient (Wildman–Crippen LogP) is 3.65. The Morgan fingerprint density at radius 3 is 2.75 bits per heavy atom. The van der Waals surface area contributed by atoms with E-state index in [1.54, 1.807) is 0 Å². The fourth-order valence-electron chi connectivity index (χ4n) is 2.59. The third kappa shape index (κ3) is 2.68. The molecule has 3 rings (SSSR count). The molecular weight excluding hydrogens is 253 g/mol. The smallest absolute Gasteiger partial charge is 0.123 e. The van der Waals surface area contributed by atoms with E-state index in [-0.39, 0.29) is 11.9 Å². The number of rotatable bonds is 4. The van der Waals surface area contributed by atoms with E-state index in [4.69, 9.17) is 4.74 Å². The molecule has 0 radical (unpaired) electrons. The van der Waals surface area contributed by atoms with Crippen molar-refractivity contribution in [2.24, 2.45) is 0 Å². The standard InChI is InChI=1S/C17H18FNO/c1-12(13-6-8-15(18)9-7-13)19-10-14-11-20-17-5-3-2-4-16(14)17/h2-9,12,14,19H,10-11H2,1H3. The van der Waals surface area contributed by atoms with Gasteiger partial charge in [0.25, 0.3) is 0 Å². The Morgan fingerprint density at radius 2 is 1.95 bits per heavy atom. The highest BCUT2D eigenvalue weighted by Crippen LogP contribution is 2.33. The Bertz CT molecular complexity index is 582. The summed E-state index contributed by atoms with van der Waals surface area (Å²) >= 11 is 0. The van der Waals surface area contributed by atoms with Crippen molar-refractivity contribution < 1.29 is 9.13 Å². The molecule has 0 saturated heterocycles. The van der Waals surface area contributed by atoms with Crippen molar-refractivity contribution in [2.75, 3.05) is 13.2 Å². The van der Waals surface area contributed by atoms with Crippen LogP contribution in [0.5, 0.6) is 5.75 Å². The van der Waals surface area contributed by atoms with Crippen LogP contribution in [0.15, 0.2) is 48.5 Å². The Labute approximate surface area is 118 Å². The fourth-order valence-corrected chi connectivity index (χ4v) is 2.59. The average molecular weight is 271 g/mol. The molecule has 2 atom stereocenters. The highest BCUT2D eigenvalue weighted by atomic mass is 19.1. The molecule has 2 unspecified atom stereocenters. The molecule has 1 aliphatic rings. The minimum Gasteiger partial charge on any atom is -0.493 e. The first kappa shape index (κ1) is 13.1. The molecular formula is C17H18FNO. The average Bonchev–Trinajstić information content (AvgIpc) is 2.89. The third-order valence-electron chi connectivity index (χ3n) is 3.84. The van der Waals surface area contributed by atoms with E-state index >= 15 is 0 Å². The molecule has 0 aromatic heterocycles. The zero-order valence-corrected chi connectivity index (χ0v) is 11.5. The van der Waals surface area contributed by atoms with Crippen molar-refractivity contribution in [3.05, 3.63) is 65.5 Å². The summed E-state index contributed by atoms with van der Waals surface area (Å²) in [7, 11) is 0. The van der Waals surface area contributed by atoms with Gasteiger partial charge in [-0.3, -0.25) is 0 Å². The van der Waals surface area contributed by atoms with E-state index in [1.807, 2.05) is 30.3 Å². The third-order valence-corrected chi connectivity index (χ3v) is 3.84. The normalized spacial score (nSPS) is 18.4. The molecule has 1 N–H and O–H groups in total. The Kier molecular flexibility index (Phi) is 3.70. The van der Waals surface area contributed by atoms with Gasteiger partial charge in [-0.15, -0.1) is 0 Å². The van der Waals surface area contributed by atoms with Gasteiger partial charge in [-0.05, 0) is 30.7 Å². The summed E-state index contributed by atoms with van der Waals surface area (Å²) in [5, 5.41) is 3.50. The maximum absolute atomic E-state index is 12.9. The van der Waals surface area contributed by atoms with Crippen LogP contribution in [-0.4, -0.2) is 13.2 Å². The molecule has 0 spiro atoms. The zero-order valence-electron chi connectivity index (χ0n) is 11.5. The summed E-state index contributed by atoms with van der Waals surface area (Å²) in [5.41, 5.74) is 2.37. The molecule has 0 amide bonds. The molecule has 2 aromatic carbocycles. The lowest BCUT2D eigenvalue weighted by Gasteiger charge is -2.17. The Hall–Kier alpha value is -1.87. The van der Waals surface area contributed by atoms with Crippen molar-refractivity contribution in [3.8, 4) is 5.75 Å². The molecule has 1 aliphatic heterocycles. The highest BCUT2D eigenvalue weighted by Gasteiger charge is 2.23. The first-order valence-electron chi connectivity index (χ1n) is 6.94. The number of hydrogen-bond donors (Lipinski definition) is 1. The van der Waals surface area contributed by atoms with E-state index < -0.39 is 0 Å². The number of benzene rings is 2. The molecule has 0 bridgehead atoms. The maximum Gasteiger partial charge on any atom is 0.123 e. The molecule has 104 valence electrons. The SMILES string of the molecule is CC(NCC1COc2ccccc21)c1ccc(F)cc1. The fraction of sp³-hybridized carbons (Fsp3) is 0.294. The summed E-state index contributed by atoms with van der Waals surface area (Å²) in [6, 6.07) is 15.0. The van der Waals surface area contributed by atoms with Crippen molar-refractivity contribution in [3.63, 3.8) is 0 Å². The van der Waals surface area contributed by atoms with Gasteiger partial charge in [-0.2, -0.15) is 0 Å². The van der Waals surface area contributed by atoms with E-state index in [0.29, 0.717) is 5.92 Å². The van der Waals surface area contributed by atoms with Crippen LogP contribution in [0.2, 0.25) is 0 Å². The highest BCUT2D eigenvalue weighted by molar-refractivity contribution is 5.39. The summed E-state index contributed by atoms with van der Waals surface area (Å²) in [4.78, 5) is 0. The summed E-state index contributed by atoms with van der Waals surface area (Å²) in [6.07, 6.45) is 0. The molecule has 2 nitrogen and oxygen atoms in total. The van der Waals surface area contributed by atoms with Crippen LogP contribution >= 0.6 is 0 Å². The lowest BCUT2D eigenvalue weighted by atomic mass is 10.0. The van der Waals surface area contributed by atoms with Gasteiger partial charge >= 0.3 is 0 Å². The first-order valence-corrected chi connectivity index (χ1v) is 6.94. The predicted molar refractivity (Wildman–Crippen MR) is 77.5 cm³/mol. The zero-order chi connectivity index (χ0) is 13.9. The van der Waals surface area contributed by atoms with Crippen molar-refractivity contribution in [1.82, 2.24) is 5.32 Å². The molecule has 2 aromatic rings. The molecule has 20 heavy (non-hydrogen) atoms. The van der Waals surface area contributed by atoms with Crippen LogP contribution in [0, 0.1) is 5.82 Å². The topological polar surface area (TPSA) is 21.3 Å². The molecule has 3 heteroatoms. The largest absolute Gasteiger partial charge is 0.493 e. The van der Waals surface area contributed by atoms with Gasteiger partial charge in [0.15, 0.2) is 0 Å². The second-order valence-corrected chi connectivity index (χ2v) is 5.23. The van der Waals surface area contributed by atoms with Crippen molar-refractivity contribution in [2.45, 2.75) is 18.9 Å². The second kappa shape index (κ2) is 5.63. The maximum atomic E-state index is 12.9. The molecule has 0 fully saturated rings. The van der Waals surface area contributed by atoms with Crippen LogP contribution in [0.4, 0.5) is 4.39 Å². The van der Waals surface area contributed by atoms with E-state index in [2.05, 4.69) is 18.3 Å². The van der Waals surface area contributed by atoms with Gasteiger partial charge in [0, 0.05) is 24.1 Å². The molecule has 0 aliphatic carbocycles. The van der Waals surface area contributed by atoms with Gasteiger partial charge in [0.1, 0.15) is 11.6 Å². The van der Waals surface area contributed by atoms with Crippen molar-refractivity contribution in [1.29, 1.82) is 0 Å². The minimum atomic E-state index is -0.195. The lowest BCUT2D eigenvalue weighted by Crippen LogP contribution is -2.25. The van der Waals surface area contributed by atoms with E-state index in [0.717, 1.165) is 24.5 Å². The Balaban J connectivity index is 1.62. The summed E-state index contributed by atoms with van der Waals surface area (Å²) in [5.74, 6) is 1.18. The number of nitrogens with one attached hydrogen (secondary N) is 1. The Morgan fingerprint density at radius 1 is 1.20 bits per heavy atom. The van der Waals surface area contributed by atoms with Gasteiger partial charge in [0.2, 0.25) is 0 Å². The van der Waals surface area contributed by atoms with Gasteiger partial charge in [0.05, 0.1) is 6.61 Å². The number of hydrogen-bond acceptors (Lipinski definition) is 2. The lowest BCUT2D eigenvalue weighted by molar-refractivity contribution is 0.323. The van der Waals surface area contributed by atoms with Crippen LogP contribution in [0.1, 0.15) is 30.0 Å². The van der Waals surface area contributed by atoms with Gasteiger partial charge in [-0.1, -0.05) is 30.3 Å². The molecule has 0 saturated carbocycles.